The molecule has 1 aliphatic rings. The fourth-order valence-corrected chi connectivity index (χ4v) is 3.46. The highest BCUT2D eigenvalue weighted by Gasteiger charge is 2.19. The number of hydrogen-bond donors (Lipinski definition) is 1. The summed E-state index contributed by atoms with van der Waals surface area (Å²) in [5.74, 6) is 2.83. The lowest BCUT2D eigenvalue weighted by Gasteiger charge is -2.33. The lowest BCUT2D eigenvalue weighted by atomic mass is 10.0. The van der Waals surface area contributed by atoms with Crippen LogP contribution < -0.4 is 15.0 Å². The molecule has 4 nitrogen and oxygen atoms in total. The van der Waals surface area contributed by atoms with Crippen LogP contribution in [-0.2, 0) is 6.54 Å². The average Bonchev–Trinajstić information content (AvgIpc) is 2.74. The Morgan fingerprint density at radius 3 is 2.44 bits per heavy atom. The first-order valence-corrected chi connectivity index (χ1v) is 9.58. The zero-order chi connectivity index (χ0) is 18.3. The van der Waals surface area contributed by atoms with Crippen LogP contribution >= 0.6 is 0 Å². The van der Waals surface area contributed by atoms with Crippen molar-refractivity contribution in [3.05, 3.63) is 84.6 Å². The first kappa shape index (κ1) is 17.6. The predicted octanol–water partition coefficient (Wildman–Crippen LogP) is 4.63. The third kappa shape index (κ3) is 4.86. The Morgan fingerprint density at radius 1 is 0.889 bits per heavy atom. The highest BCUT2D eigenvalue weighted by Crippen LogP contribution is 2.22. The number of hydrogen-bond acceptors (Lipinski definition) is 4. The standard InChI is InChI=1S/C23H25N3O/c1-2-8-21(9-3-1)27-22-10-6-7-19(17-22)18-25-20-12-15-26(16-13-20)23-11-4-5-14-24-23/h1-11,14,17,20,25H,12-13,15-16,18H2. The molecule has 4 rings (SSSR count). The molecule has 0 spiro atoms. The van der Waals surface area contributed by atoms with Gasteiger partial charge in [-0.15, -0.1) is 0 Å². The highest BCUT2D eigenvalue weighted by atomic mass is 16.5. The van der Waals surface area contributed by atoms with Crippen LogP contribution in [0.25, 0.3) is 0 Å². The molecule has 1 saturated heterocycles. The minimum absolute atomic E-state index is 0.545. The SMILES string of the molecule is c1ccc(Oc2cccc(CNC3CCN(c4ccccn4)CC3)c2)cc1. The van der Waals surface area contributed by atoms with Crippen molar-refractivity contribution in [3.63, 3.8) is 0 Å². The summed E-state index contributed by atoms with van der Waals surface area (Å²) in [5, 5.41) is 3.70. The number of anilines is 1. The number of para-hydroxylation sites is 1. The number of piperidine rings is 1. The maximum atomic E-state index is 5.93. The lowest BCUT2D eigenvalue weighted by molar-refractivity contribution is 0.412. The minimum Gasteiger partial charge on any atom is -0.457 e. The van der Waals surface area contributed by atoms with E-state index in [4.69, 9.17) is 4.74 Å². The molecule has 1 aromatic heterocycles. The molecule has 3 aromatic rings. The summed E-state index contributed by atoms with van der Waals surface area (Å²) >= 11 is 0. The van der Waals surface area contributed by atoms with Gasteiger partial charge in [0.05, 0.1) is 0 Å². The molecule has 1 fully saturated rings. The van der Waals surface area contributed by atoms with Crippen molar-refractivity contribution in [2.45, 2.75) is 25.4 Å². The summed E-state index contributed by atoms with van der Waals surface area (Å²) in [6.45, 7) is 2.96. The van der Waals surface area contributed by atoms with Crippen molar-refractivity contribution >= 4 is 5.82 Å². The van der Waals surface area contributed by atoms with Crippen molar-refractivity contribution in [2.75, 3.05) is 18.0 Å². The zero-order valence-corrected chi connectivity index (χ0v) is 15.4. The fourth-order valence-electron chi connectivity index (χ4n) is 3.46. The molecule has 1 N–H and O–H groups in total. The molecule has 0 amide bonds. The zero-order valence-electron chi connectivity index (χ0n) is 15.4. The second-order valence-electron chi connectivity index (χ2n) is 6.89. The van der Waals surface area contributed by atoms with E-state index in [0.717, 1.165) is 49.8 Å². The van der Waals surface area contributed by atoms with Gasteiger partial charge in [-0.3, -0.25) is 0 Å². The van der Waals surface area contributed by atoms with E-state index >= 15 is 0 Å². The second kappa shape index (κ2) is 8.69. The largest absolute Gasteiger partial charge is 0.457 e. The van der Waals surface area contributed by atoms with Gasteiger partial charge in [-0.25, -0.2) is 4.98 Å². The molecule has 1 aliphatic heterocycles. The molecular formula is C23H25N3O. The van der Waals surface area contributed by atoms with Crippen molar-refractivity contribution in [1.29, 1.82) is 0 Å². The quantitative estimate of drug-likeness (QED) is 0.696. The number of pyridine rings is 1. The monoisotopic (exact) mass is 359 g/mol. The van der Waals surface area contributed by atoms with Crippen LogP contribution in [0.5, 0.6) is 11.5 Å². The van der Waals surface area contributed by atoms with E-state index in [1.165, 1.54) is 5.56 Å². The van der Waals surface area contributed by atoms with Crippen molar-refractivity contribution in [1.82, 2.24) is 10.3 Å². The van der Waals surface area contributed by atoms with Gasteiger partial charge >= 0.3 is 0 Å². The van der Waals surface area contributed by atoms with Crippen LogP contribution in [0.4, 0.5) is 5.82 Å². The Balaban J connectivity index is 1.28. The van der Waals surface area contributed by atoms with E-state index in [-0.39, 0.29) is 0 Å². The summed E-state index contributed by atoms with van der Waals surface area (Å²) < 4.78 is 5.93. The van der Waals surface area contributed by atoms with Crippen LogP contribution in [0.3, 0.4) is 0 Å². The Morgan fingerprint density at radius 2 is 1.67 bits per heavy atom. The minimum atomic E-state index is 0.545. The first-order valence-electron chi connectivity index (χ1n) is 9.58. The molecule has 138 valence electrons. The summed E-state index contributed by atoms with van der Waals surface area (Å²) in [7, 11) is 0. The van der Waals surface area contributed by atoms with Crippen LogP contribution in [0.15, 0.2) is 79.0 Å². The van der Waals surface area contributed by atoms with E-state index in [1.54, 1.807) is 0 Å². The summed E-state index contributed by atoms with van der Waals surface area (Å²) in [6, 6.07) is 24.9. The van der Waals surface area contributed by atoms with Gasteiger partial charge in [0, 0.05) is 31.9 Å². The van der Waals surface area contributed by atoms with E-state index in [0.29, 0.717) is 6.04 Å². The summed E-state index contributed by atoms with van der Waals surface area (Å²) in [6.07, 6.45) is 4.14. The molecule has 27 heavy (non-hydrogen) atoms. The first-order chi connectivity index (χ1) is 13.4. The molecule has 0 radical (unpaired) electrons. The van der Waals surface area contributed by atoms with Crippen LogP contribution in [0, 0.1) is 0 Å². The Labute approximate surface area is 160 Å². The van der Waals surface area contributed by atoms with Crippen LogP contribution in [-0.4, -0.2) is 24.1 Å². The summed E-state index contributed by atoms with van der Waals surface area (Å²) in [4.78, 5) is 6.82. The van der Waals surface area contributed by atoms with E-state index in [2.05, 4.69) is 45.5 Å². The van der Waals surface area contributed by atoms with Crippen LogP contribution in [0.2, 0.25) is 0 Å². The van der Waals surface area contributed by atoms with Gasteiger partial charge in [0.15, 0.2) is 0 Å². The van der Waals surface area contributed by atoms with Crippen molar-refractivity contribution < 1.29 is 4.74 Å². The molecule has 0 saturated carbocycles. The normalized spacial score (nSPS) is 14.9. The Kier molecular flexibility index (Phi) is 5.65. The van der Waals surface area contributed by atoms with Gasteiger partial charge in [-0.1, -0.05) is 36.4 Å². The number of nitrogens with zero attached hydrogens (tertiary/aromatic N) is 2. The predicted molar refractivity (Wildman–Crippen MR) is 109 cm³/mol. The third-order valence-electron chi connectivity index (χ3n) is 4.94. The van der Waals surface area contributed by atoms with E-state index < -0.39 is 0 Å². The third-order valence-corrected chi connectivity index (χ3v) is 4.94. The average molecular weight is 359 g/mol. The maximum absolute atomic E-state index is 5.93. The molecule has 0 atom stereocenters. The van der Waals surface area contributed by atoms with E-state index in [9.17, 15) is 0 Å². The van der Waals surface area contributed by atoms with Crippen LogP contribution in [0.1, 0.15) is 18.4 Å². The Bertz CT molecular complexity index is 831. The van der Waals surface area contributed by atoms with Crippen molar-refractivity contribution in [2.24, 2.45) is 0 Å². The lowest BCUT2D eigenvalue weighted by Crippen LogP contribution is -2.42. The van der Waals surface area contributed by atoms with Gasteiger partial charge in [0.2, 0.25) is 0 Å². The molecule has 0 unspecified atom stereocenters. The molecule has 2 aromatic carbocycles. The topological polar surface area (TPSA) is 37.4 Å². The molecular weight excluding hydrogens is 334 g/mol. The second-order valence-corrected chi connectivity index (χ2v) is 6.89. The fraction of sp³-hybridized carbons (Fsp3) is 0.261. The number of ether oxygens (including phenoxy) is 1. The van der Waals surface area contributed by atoms with Gasteiger partial charge in [0.25, 0.3) is 0 Å². The maximum Gasteiger partial charge on any atom is 0.128 e. The molecule has 0 bridgehead atoms. The number of nitrogens with one attached hydrogen (secondary N) is 1. The number of benzene rings is 2. The smallest absolute Gasteiger partial charge is 0.128 e. The van der Waals surface area contributed by atoms with Gasteiger partial charge in [-0.2, -0.15) is 0 Å². The van der Waals surface area contributed by atoms with Crippen molar-refractivity contribution in [3.8, 4) is 11.5 Å². The highest BCUT2D eigenvalue weighted by molar-refractivity contribution is 5.38. The Hall–Kier alpha value is -2.85. The number of aromatic nitrogens is 1. The van der Waals surface area contributed by atoms with Gasteiger partial charge in [0.1, 0.15) is 17.3 Å². The number of rotatable bonds is 6. The molecule has 2 heterocycles. The van der Waals surface area contributed by atoms with Gasteiger partial charge in [-0.05, 0) is 54.8 Å². The summed E-state index contributed by atoms with van der Waals surface area (Å²) in [5.41, 5.74) is 1.25. The van der Waals surface area contributed by atoms with Gasteiger partial charge < -0.3 is 15.0 Å². The molecule has 0 aliphatic carbocycles. The van der Waals surface area contributed by atoms with E-state index in [1.807, 2.05) is 48.7 Å². The molecule has 4 heteroatoms.